The first-order valence-electron chi connectivity index (χ1n) is 7.00. The van der Waals surface area contributed by atoms with Crippen LogP contribution in [0.2, 0.25) is 0 Å². The molecule has 2 rings (SSSR count). The fourth-order valence-electron chi connectivity index (χ4n) is 2.85. The minimum Gasteiger partial charge on any atom is -0.298 e. The number of sulfone groups is 1. The van der Waals surface area contributed by atoms with Crippen molar-refractivity contribution in [2.45, 2.75) is 29.4 Å². The van der Waals surface area contributed by atoms with Gasteiger partial charge in [-0.05, 0) is 44.0 Å². The van der Waals surface area contributed by atoms with E-state index >= 15 is 0 Å². The van der Waals surface area contributed by atoms with Gasteiger partial charge >= 0.3 is 0 Å². The molecule has 1 saturated heterocycles. The Balaban J connectivity index is 2.38. The van der Waals surface area contributed by atoms with Crippen LogP contribution in [0.25, 0.3) is 0 Å². The number of Topliss-reactive ketones (excluding diaryl/α,β-unsaturated/α-hetero) is 1. The predicted molar refractivity (Wildman–Crippen MR) is 81.5 cm³/mol. The van der Waals surface area contributed by atoms with Crippen molar-refractivity contribution in [1.82, 2.24) is 4.90 Å². The number of carbonyl (C=O) groups is 1. The van der Waals surface area contributed by atoms with Crippen molar-refractivity contribution in [2.24, 2.45) is 0 Å². The van der Waals surface area contributed by atoms with Crippen molar-refractivity contribution < 1.29 is 17.6 Å². The molecular weight excluding hydrogens is 305 g/mol. The highest BCUT2D eigenvalue weighted by Crippen LogP contribution is 2.36. The number of likely N-dealkylation sites (tertiary alicyclic amines) is 1. The molecule has 6 heteroatoms. The lowest BCUT2D eigenvalue weighted by atomic mass is 9.92. The summed E-state index contributed by atoms with van der Waals surface area (Å²) in [5.74, 6) is 1.63. The minimum atomic E-state index is -3.87. The first kappa shape index (κ1) is 16.7. The molecule has 0 amide bonds. The SMILES string of the molecule is C#CCN1CCC(C(C)=O)(S(=O)(=O)c2ccc(F)cc2)CC1. The van der Waals surface area contributed by atoms with Crippen molar-refractivity contribution in [1.29, 1.82) is 0 Å². The van der Waals surface area contributed by atoms with Crippen LogP contribution in [0.15, 0.2) is 29.2 Å². The lowest BCUT2D eigenvalue weighted by Crippen LogP contribution is -2.53. The Bertz CT molecular complexity index is 696. The highest BCUT2D eigenvalue weighted by Gasteiger charge is 2.50. The highest BCUT2D eigenvalue weighted by atomic mass is 32.2. The molecule has 1 fully saturated rings. The number of halogens is 1. The summed E-state index contributed by atoms with van der Waals surface area (Å²) in [5.41, 5.74) is 0. The van der Waals surface area contributed by atoms with Crippen LogP contribution in [0, 0.1) is 18.2 Å². The summed E-state index contributed by atoms with van der Waals surface area (Å²) in [5, 5.41) is 0. The van der Waals surface area contributed by atoms with E-state index in [-0.39, 0.29) is 23.5 Å². The van der Waals surface area contributed by atoms with E-state index in [9.17, 15) is 17.6 Å². The molecule has 4 nitrogen and oxygen atoms in total. The topological polar surface area (TPSA) is 54.5 Å². The molecule has 118 valence electrons. The number of terminal acetylenes is 1. The van der Waals surface area contributed by atoms with Crippen LogP contribution in [0.4, 0.5) is 4.39 Å². The van der Waals surface area contributed by atoms with Crippen LogP contribution in [0.5, 0.6) is 0 Å². The third kappa shape index (κ3) is 2.79. The zero-order valence-electron chi connectivity index (χ0n) is 12.4. The van der Waals surface area contributed by atoms with Crippen LogP contribution in [-0.4, -0.2) is 43.5 Å². The highest BCUT2D eigenvalue weighted by molar-refractivity contribution is 7.93. The van der Waals surface area contributed by atoms with Crippen molar-refractivity contribution in [3.8, 4) is 12.3 Å². The van der Waals surface area contributed by atoms with Gasteiger partial charge in [-0.2, -0.15) is 0 Å². The summed E-state index contributed by atoms with van der Waals surface area (Å²) in [6, 6.07) is 4.61. The third-order valence-corrected chi connectivity index (χ3v) is 6.88. The largest absolute Gasteiger partial charge is 0.298 e. The Morgan fingerprint density at radius 1 is 1.32 bits per heavy atom. The van der Waals surface area contributed by atoms with Gasteiger partial charge in [-0.3, -0.25) is 9.69 Å². The molecule has 1 aliphatic heterocycles. The number of benzene rings is 1. The lowest BCUT2D eigenvalue weighted by molar-refractivity contribution is -0.120. The van der Waals surface area contributed by atoms with Crippen molar-refractivity contribution in [3.05, 3.63) is 30.1 Å². The monoisotopic (exact) mass is 323 g/mol. The fraction of sp³-hybridized carbons (Fsp3) is 0.438. The van der Waals surface area contributed by atoms with Gasteiger partial charge in [-0.15, -0.1) is 6.42 Å². The Morgan fingerprint density at radius 3 is 2.32 bits per heavy atom. The van der Waals surface area contributed by atoms with Crippen LogP contribution in [0.3, 0.4) is 0 Å². The molecule has 0 bridgehead atoms. The van der Waals surface area contributed by atoms with Crippen LogP contribution in [0.1, 0.15) is 19.8 Å². The smallest absolute Gasteiger partial charge is 0.191 e. The standard InChI is InChI=1S/C16H18FNO3S/c1-3-10-18-11-8-16(9-12-18,13(2)19)22(20,21)15-6-4-14(17)5-7-15/h1,4-7H,8-12H2,2H3. The maximum absolute atomic E-state index is 13.0. The van der Waals surface area contributed by atoms with Gasteiger partial charge < -0.3 is 0 Å². The fourth-order valence-corrected chi connectivity index (χ4v) is 4.89. The lowest BCUT2D eigenvalue weighted by Gasteiger charge is -2.38. The summed E-state index contributed by atoms with van der Waals surface area (Å²) in [4.78, 5) is 14.1. The molecule has 22 heavy (non-hydrogen) atoms. The molecule has 0 aliphatic carbocycles. The van der Waals surface area contributed by atoms with E-state index in [0.717, 1.165) is 12.1 Å². The Hall–Kier alpha value is -1.71. The van der Waals surface area contributed by atoms with Crippen LogP contribution >= 0.6 is 0 Å². The second-order valence-electron chi connectivity index (χ2n) is 5.49. The second-order valence-corrected chi connectivity index (χ2v) is 7.75. The summed E-state index contributed by atoms with van der Waals surface area (Å²) in [6.07, 6.45) is 5.66. The number of piperidine rings is 1. The minimum absolute atomic E-state index is 0.0190. The molecule has 0 unspecified atom stereocenters. The van der Waals surface area contributed by atoms with E-state index in [2.05, 4.69) is 5.92 Å². The van der Waals surface area contributed by atoms with E-state index in [1.165, 1.54) is 19.1 Å². The first-order valence-corrected chi connectivity index (χ1v) is 8.49. The van der Waals surface area contributed by atoms with Crippen molar-refractivity contribution in [3.63, 3.8) is 0 Å². The average Bonchev–Trinajstić information content (AvgIpc) is 2.48. The van der Waals surface area contributed by atoms with E-state index in [1.807, 2.05) is 4.90 Å². The Morgan fingerprint density at radius 2 is 1.86 bits per heavy atom. The molecule has 0 radical (unpaired) electrons. The molecule has 1 aromatic rings. The molecule has 1 aliphatic rings. The van der Waals surface area contributed by atoms with Crippen molar-refractivity contribution in [2.75, 3.05) is 19.6 Å². The molecule has 1 heterocycles. The Labute approximate surface area is 130 Å². The zero-order chi connectivity index (χ0) is 16.4. The maximum atomic E-state index is 13.0. The van der Waals surface area contributed by atoms with E-state index in [1.54, 1.807) is 0 Å². The number of hydrogen-bond donors (Lipinski definition) is 0. The number of nitrogens with zero attached hydrogens (tertiary/aromatic N) is 1. The van der Waals surface area contributed by atoms with E-state index in [0.29, 0.717) is 19.6 Å². The normalized spacial score (nSPS) is 18.6. The molecule has 0 spiro atoms. The number of carbonyl (C=O) groups excluding carboxylic acids is 1. The quantitative estimate of drug-likeness (QED) is 0.625. The predicted octanol–water partition coefficient (Wildman–Crippen LogP) is 1.66. The van der Waals surface area contributed by atoms with Crippen LogP contribution < -0.4 is 0 Å². The summed E-state index contributed by atoms with van der Waals surface area (Å²) >= 11 is 0. The van der Waals surface area contributed by atoms with Gasteiger partial charge in [-0.25, -0.2) is 12.8 Å². The van der Waals surface area contributed by atoms with Gasteiger partial charge in [0.1, 0.15) is 10.6 Å². The molecule has 0 saturated carbocycles. The van der Waals surface area contributed by atoms with Gasteiger partial charge in [-0.1, -0.05) is 5.92 Å². The third-order valence-electron chi connectivity index (χ3n) is 4.26. The number of hydrogen-bond acceptors (Lipinski definition) is 4. The van der Waals surface area contributed by atoms with Crippen LogP contribution in [-0.2, 0) is 14.6 Å². The van der Waals surface area contributed by atoms with E-state index in [4.69, 9.17) is 6.42 Å². The molecule has 0 atom stereocenters. The Kier molecular flexibility index (Phi) is 4.69. The number of rotatable bonds is 4. The van der Waals surface area contributed by atoms with Gasteiger partial charge in [0.05, 0.1) is 11.4 Å². The summed E-state index contributed by atoms with van der Waals surface area (Å²) in [7, 11) is -3.87. The van der Waals surface area contributed by atoms with Gasteiger partial charge in [0.2, 0.25) is 0 Å². The van der Waals surface area contributed by atoms with Gasteiger partial charge in [0.15, 0.2) is 15.6 Å². The molecule has 1 aromatic carbocycles. The van der Waals surface area contributed by atoms with Gasteiger partial charge in [0.25, 0.3) is 0 Å². The molecule has 0 aromatic heterocycles. The summed E-state index contributed by atoms with van der Waals surface area (Å²) < 4.78 is 37.4. The summed E-state index contributed by atoms with van der Waals surface area (Å²) in [6.45, 7) is 2.64. The number of ketones is 1. The first-order chi connectivity index (χ1) is 10.3. The second kappa shape index (κ2) is 6.19. The van der Waals surface area contributed by atoms with E-state index < -0.39 is 20.4 Å². The molecular formula is C16H18FNO3S. The van der Waals surface area contributed by atoms with Gasteiger partial charge in [0, 0.05) is 13.1 Å². The molecule has 0 N–H and O–H groups in total. The average molecular weight is 323 g/mol. The van der Waals surface area contributed by atoms with Crippen molar-refractivity contribution >= 4 is 15.6 Å². The maximum Gasteiger partial charge on any atom is 0.191 e. The zero-order valence-corrected chi connectivity index (χ0v) is 13.2.